The molecule has 1 saturated heterocycles. The van der Waals surface area contributed by atoms with E-state index in [0.29, 0.717) is 0 Å². The number of amides is 2. The number of ether oxygens (including phenoxy) is 2. The van der Waals surface area contributed by atoms with Gasteiger partial charge < -0.3 is 29.9 Å². The second-order valence-electron chi connectivity index (χ2n) is 3.85. The van der Waals surface area contributed by atoms with E-state index in [2.05, 4.69) is 10.1 Å². The second-order valence-corrected chi connectivity index (χ2v) is 3.85. The minimum Gasteiger partial charge on any atom is -0.480 e. The van der Waals surface area contributed by atoms with Crippen LogP contribution in [0.4, 0.5) is 4.79 Å². The molecule has 1 heterocycles. The van der Waals surface area contributed by atoms with Crippen molar-refractivity contribution in [1.82, 2.24) is 10.2 Å². The van der Waals surface area contributed by atoms with E-state index in [1.165, 1.54) is 12.0 Å². The van der Waals surface area contributed by atoms with Gasteiger partial charge in [0.15, 0.2) is 12.1 Å². The molecule has 9 nitrogen and oxygen atoms in total. The molecule has 1 aliphatic heterocycles. The number of nitrogens with zero attached hydrogens (tertiary/aromatic N) is 1. The summed E-state index contributed by atoms with van der Waals surface area (Å²) in [4.78, 5) is 35.0. The third-order valence-corrected chi connectivity index (χ3v) is 2.60. The first-order valence-corrected chi connectivity index (χ1v) is 5.58. The van der Waals surface area contributed by atoms with Crippen molar-refractivity contribution in [3.8, 4) is 0 Å². The van der Waals surface area contributed by atoms with Crippen LogP contribution >= 0.6 is 0 Å². The summed E-state index contributed by atoms with van der Waals surface area (Å²) in [5.41, 5.74) is 0. The molecule has 0 aromatic rings. The Hall–Kier alpha value is -1.87. The molecule has 0 spiro atoms. The van der Waals surface area contributed by atoms with E-state index in [0.717, 1.165) is 0 Å². The monoisotopic (exact) mass is 276 g/mol. The summed E-state index contributed by atoms with van der Waals surface area (Å²) in [6, 6.07) is -2.06. The van der Waals surface area contributed by atoms with Crippen molar-refractivity contribution in [2.45, 2.75) is 12.1 Å². The van der Waals surface area contributed by atoms with Crippen molar-refractivity contribution >= 4 is 18.0 Å². The van der Waals surface area contributed by atoms with Gasteiger partial charge in [-0.3, -0.25) is 0 Å². The SMILES string of the molecule is COC(=O)C1CN(C(=O)NC(CO)C(=O)O)CCO1. The van der Waals surface area contributed by atoms with Gasteiger partial charge in [0.1, 0.15) is 0 Å². The Morgan fingerprint density at radius 1 is 1.53 bits per heavy atom. The van der Waals surface area contributed by atoms with E-state index in [1.807, 2.05) is 0 Å². The van der Waals surface area contributed by atoms with Gasteiger partial charge in [-0.15, -0.1) is 0 Å². The fourth-order valence-corrected chi connectivity index (χ4v) is 1.53. The van der Waals surface area contributed by atoms with Crippen LogP contribution < -0.4 is 5.32 Å². The Balaban J connectivity index is 2.57. The molecule has 0 bridgehead atoms. The number of rotatable bonds is 4. The van der Waals surface area contributed by atoms with Crippen molar-refractivity contribution in [3.05, 3.63) is 0 Å². The Bertz CT molecular complexity index is 360. The van der Waals surface area contributed by atoms with Crippen LogP contribution in [-0.2, 0) is 19.1 Å². The quantitative estimate of drug-likeness (QED) is 0.508. The normalized spacial score (nSPS) is 20.5. The highest BCUT2D eigenvalue weighted by Crippen LogP contribution is 2.07. The minimum absolute atomic E-state index is 0.0315. The lowest BCUT2D eigenvalue weighted by Crippen LogP contribution is -2.55. The number of morpholine rings is 1. The largest absolute Gasteiger partial charge is 0.480 e. The number of hydrogen-bond acceptors (Lipinski definition) is 6. The van der Waals surface area contributed by atoms with Crippen LogP contribution in [0.15, 0.2) is 0 Å². The van der Waals surface area contributed by atoms with Gasteiger partial charge in [-0.05, 0) is 0 Å². The minimum atomic E-state index is -1.38. The van der Waals surface area contributed by atoms with Crippen molar-refractivity contribution in [2.24, 2.45) is 0 Å². The van der Waals surface area contributed by atoms with Crippen molar-refractivity contribution in [2.75, 3.05) is 33.4 Å². The van der Waals surface area contributed by atoms with Crippen LogP contribution in [0.1, 0.15) is 0 Å². The maximum Gasteiger partial charge on any atom is 0.336 e. The Morgan fingerprint density at radius 3 is 2.74 bits per heavy atom. The van der Waals surface area contributed by atoms with Crippen LogP contribution in [0.5, 0.6) is 0 Å². The maximum absolute atomic E-state index is 11.8. The van der Waals surface area contributed by atoms with E-state index in [-0.39, 0.29) is 19.7 Å². The van der Waals surface area contributed by atoms with Gasteiger partial charge in [0.25, 0.3) is 0 Å². The van der Waals surface area contributed by atoms with E-state index in [4.69, 9.17) is 14.9 Å². The number of aliphatic hydroxyl groups is 1. The first kappa shape index (κ1) is 15.2. The summed E-state index contributed by atoms with van der Waals surface area (Å²) in [7, 11) is 1.21. The highest BCUT2D eigenvalue weighted by atomic mass is 16.6. The highest BCUT2D eigenvalue weighted by Gasteiger charge is 2.31. The number of carboxylic acids is 1. The Kier molecular flexibility index (Phi) is 5.52. The molecule has 108 valence electrons. The molecule has 2 unspecified atom stereocenters. The summed E-state index contributed by atoms with van der Waals surface area (Å²) >= 11 is 0. The highest BCUT2D eigenvalue weighted by molar-refractivity contribution is 5.83. The fourth-order valence-electron chi connectivity index (χ4n) is 1.53. The van der Waals surface area contributed by atoms with Gasteiger partial charge in [0, 0.05) is 6.54 Å². The fraction of sp³-hybridized carbons (Fsp3) is 0.700. The first-order chi connectivity index (χ1) is 8.99. The van der Waals surface area contributed by atoms with Crippen molar-refractivity contribution in [1.29, 1.82) is 0 Å². The molecule has 0 radical (unpaired) electrons. The number of esters is 1. The molecule has 2 atom stereocenters. The lowest BCUT2D eigenvalue weighted by atomic mass is 10.2. The third kappa shape index (κ3) is 4.07. The standard InChI is InChI=1S/C10H16N2O7/c1-18-9(16)7-4-12(2-3-19-7)10(17)11-6(5-13)8(14)15/h6-7,13H,2-5H2,1H3,(H,11,17)(H,14,15). The lowest BCUT2D eigenvalue weighted by molar-refractivity contribution is -0.158. The molecule has 0 saturated carbocycles. The average molecular weight is 276 g/mol. The summed E-state index contributed by atoms with van der Waals surface area (Å²) in [6.07, 6.45) is -0.887. The van der Waals surface area contributed by atoms with Crippen molar-refractivity contribution < 1.29 is 34.1 Å². The number of nitrogens with one attached hydrogen (secondary N) is 1. The van der Waals surface area contributed by atoms with Gasteiger partial charge in [-0.2, -0.15) is 0 Å². The van der Waals surface area contributed by atoms with E-state index < -0.39 is 36.7 Å². The number of urea groups is 1. The van der Waals surface area contributed by atoms with Gasteiger partial charge in [-0.1, -0.05) is 0 Å². The number of carbonyl (C=O) groups is 3. The second kappa shape index (κ2) is 6.90. The Morgan fingerprint density at radius 2 is 2.21 bits per heavy atom. The zero-order valence-electron chi connectivity index (χ0n) is 10.4. The van der Waals surface area contributed by atoms with Crippen LogP contribution in [0, 0.1) is 0 Å². The number of aliphatic hydroxyl groups excluding tert-OH is 1. The van der Waals surface area contributed by atoms with E-state index in [1.54, 1.807) is 0 Å². The third-order valence-electron chi connectivity index (χ3n) is 2.60. The van der Waals surface area contributed by atoms with Crippen LogP contribution in [0.3, 0.4) is 0 Å². The lowest BCUT2D eigenvalue weighted by Gasteiger charge is -2.32. The molecule has 3 N–H and O–H groups in total. The van der Waals surface area contributed by atoms with Crippen LogP contribution in [0.2, 0.25) is 0 Å². The molecule has 1 aliphatic rings. The summed E-state index contributed by atoms with van der Waals surface area (Å²) in [6.45, 7) is -0.386. The molecule has 1 rings (SSSR count). The zero-order chi connectivity index (χ0) is 14.4. The molecular formula is C10H16N2O7. The molecule has 0 aromatic carbocycles. The van der Waals surface area contributed by atoms with Gasteiger partial charge in [0.2, 0.25) is 0 Å². The summed E-state index contributed by atoms with van der Waals surface area (Å²) < 4.78 is 9.63. The smallest absolute Gasteiger partial charge is 0.336 e. The molecule has 9 heteroatoms. The Labute approximate surface area is 109 Å². The summed E-state index contributed by atoms with van der Waals surface area (Å²) in [5, 5.41) is 19.7. The van der Waals surface area contributed by atoms with E-state index in [9.17, 15) is 14.4 Å². The van der Waals surface area contributed by atoms with E-state index >= 15 is 0 Å². The number of carboxylic acid groups (broad SMARTS) is 1. The predicted octanol–water partition coefficient (Wildman–Crippen LogP) is -1.98. The van der Waals surface area contributed by atoms with Gasteiger partial charge in [-0.25, -0.2) is 14.4 Å². The topological polar surface area (TPSA) is 125 Å². The molecular weight excluding hydrogens is 260 g/mol. The number of carbonyl (C=O) groups excluding carboxylic acids is 2. The zero-order valence-corrected chi connectivity index (χ0v) is 10.4. The molecule has 2 amide bonds. The van der Waals surface area contributed by atoms with Crippen LogP contribution in [0.25, 0.3) is 0 Å². The first-order valence-electron chi connectivity index (χ1n) is 5.58. The predicted molar refractivity (Wildman–Crippen MR) is 60.4 cm³/mol. The van der Waals surface area contributed by atoms with Crippen molar-refractivity contribution in [3.63, 3.8) is 0 Å². The maximum atomic E-state index is 11.8. The molecule has 0 aliphatic carbocycles. The van der Waals surface area contributed by atoms with Gasteiger partial charge >= 0.3 is 18.0 Å². The number of hydrogen-bond donors (Lipinski definition) is 3. The summed E-state index contributed by atoms with van der Waals surface area (Å²) in [5.74, 6) is -1.94. The molecule has 19 heavy (non-hydrogen) atoms. The number of aliphatic carboxylic acids is 1. The van der Waals surface area contributed by atoms with Crippen LogP contribution in [-0.4, -0.2) is 78.6 Å². The molecule has 0 aromatic heterocycles. The number of methoxy groups -OCH3 is 1. The molecule has 1 fully saturated rings. The van der Waals surface area contributed by atoms with Gasteiger partial charge in [0.05, 0.1) is 26.9 Å². The average Bonchev–Trinajstić information content (AvgIpc) is 2.43.